The number of aliphatic hydroxyl groups is 1. The number of carbonyl (C=O) groups is 1. The van der Waals surface area contributed by atoms with Gasteiger partial charge in [0.1, 0.15) is 5.54 Å². The number of ether oxygens (including phenoxy) is 1. The van der Waals surface area contributed by atoms with Gasteiger partial charge < -0.3 is 9.84 Å². The zero-order valence-corrected chi connectivity index (χ0v) is 8.53. The van der Waals surface area contributed by atoms with Gasteiger partial charge in [-0.1, -0.05) is 0 Å². The van der Waals surface area contributed by atoms with Gasteiger partial charge in [-0.3, -0.25) is 9.69 Å². The lowest BCUT2D eigenvalue weighted by Gasteiger charge is -2.34. The summed E-state index contributed by atoms with van der Waals surface area (Å²) < 4.78 is 5.08. The van der Waals surface area contributed by atoms with Crippen molar-refractivity contribution in [3.05, 3.63) is 0 Å². The van der Waals surface area contributed by atoms with Gasteiger partial charge in [-0.25, -0.2) is 0 Å². The molecule has 80 valence electrons. The maximum absolute atomic E-state index is 12.0. The number of rotatable bonds is 3. The summed E-state index contributed by atoms with van der Waals surface area (Å²) in [6.07, 6.45) is 2.03. The topological polar surface area (TPSA) is 49.8 Å². The Hall–Kier alpha value is -0.450. The van der Waals surface area contributed by atoms with Gasteiger partial charge in [0.25, 0.3) is 0 Å². The maximum atomic E-state index is 12.0. The Morgan fingerprint density at radius 1 is 1.71 bits per heavy atom. The van der Waals surface area contributed by atoms with Crippen molar-refractivity contribution in [3.8, 4) is 0 Å². The lowest BCUT2D eigenvalue weighted by Crippen LogP contribution is -2.54. The molecular weight excluding hydrogens is 182 g/mol. The number of Topliss-reactive ketones (excluding diaryl/α,β-unsaturated/α-hetero) is 1. The Morgan fingerprint density at radius 3 is 3.07 bits per heavy atom. The predicted octanol–water partition coefficient (Wildman–Crippen LogP) is -0.341. The molecule has 0 spiro atoms. The van der Waals surface area contributed by atoms with Crippen molar-refractivity contribution < 1.29 is 14.6 Å². The van der Waals surface area contributed by atoms with Crippen molar-refractivity contribution in [2.75, 3.05) is 33.4 Å². The average Bonchev–Trinajstić information content (AvgIpc) is 2.41. The van der Waals surface area contributed by atoms with E-state index in [0.29, 0.717) is 6.61 Å². The highest BCUT2D eigenvalue weighted by Gasteiger charge is 2.54. The van der Waals surface area contributed by atoms with E-state index in [1.807, 2.05) is 0 Å². The van der Waals surface area contributed by atoms with Gasteiger partial charge in [-0.05, 0) is 19.4 Å². The van der Waals surface area contributed by atoms with Gasteiger partial charge in [0.05, 0.1) is 13.2 Å². The molecule has 2 bridgehead atoms. The summed E-state index contributed by atoms with van der Waals surface area (Å²) in [5.41, 5.74) is -0.726. The highest BCUT2D eigenvalue weighted by Crippen LogP contribution is 2.36. The van der Waals surface area contributed by atoms with E-state index in [2.05, 4.69) is 4.90 Å². The van der Waals surface area contributed by atoms with E-state index in [1.54, 1.807) is 7.11 Å². The third-order valence-electron chi connectivity index (χ3n) is 3.50. The summed E-state index contributed by atoms with van der Waals surface area (Å²) in [5, 5.41) is 9.42. The van der Waals surface area contributed by atoms with Crippen LogP contribution in [-0.4, -0.2) is 54.7 Å². The molecule has 4 heteroatoms. The van der Waals surface area contributed by atoms with E-state index in [-0.39, 0.29) is 18.3 Å². The number of hydrogen-bond acceptors (Lipinski definition) is 4. The van der Waals surface area contributed by atoms with Gasteiger partial charge in [0, 0.05) is 19.6 Å². The highest BCUT2D eigenvalue weighted by molar-refractivity contribution is 5.93. The number of nitrogens with zero attached hydrogens (tertiary/aromatic N) is 1. The Morgan fingerprint density at radius 2 is 2.50 bits per heavy atom. The van der Waals surface area contributed by atoms with Gasteiger partial charge in [0.2, 0.25) is 0 Å². The van der Waals surface area contributed by atoms with E-state index < -0.39 is 5.54 Å². The molecule has 14 heavy (non-hydrogen) atoms. The zero-order valence-electron chi connectivity index (χ0n) is 8.53. The molecule has 0 aliphatic carbocycles. The number of ketones is 1. The highest BCUT2D eigenvalue weighted by atomic mass is 16.5. The summed E-state index contributed by atoms with van der Waals surface area (Å²) >= 11 is 0. The van der Waals surface area contributed by atoms with E-state index in [1.165, 1.54) is 0 Å². The second-order valence-electron chi connectivity index (χ2n) is 4.27. The van der Waals surface area contributed by atoms with Crippen LogP contribution in [-0.2, 0) is 9.53 Å². The standard InChI is InChI=1S/C10H17NO3/c1-14-7-10(6-12)9(13)8-3-2-4-11(10)5-8/h8,12H,2-7H2,1H3/t8-,10-/m1/s1. The third kappa shape index (κ3) is 1.21. The maximum Gasteiger partial charge on any atom is 0.162 e. The first-order chi connectivity index (χ1) is 6.74. The minimum Gasteiger partial charge on any atom is -0.394 e. The predicted molar refractivity (Wildman–Crippen MR) is 51.0 cm³/mol. The van der Waals surface area contributed by atoms with Crippen LogP contribution in [0.25, 0.3) is 0 Å². The fourth-order valence-electron chi connectivity index (χ4n) is 2.74. The number of methoxy groups -OCH3 is 1. The first-order valence-corrected chi connectivity index (χ1v) is 5.14. The zero-order chi connectivity index (χ0) is 10.2. The van der Waals surface area contributed by atoms with Crippen molar-refractivity contribution >= 4 is 5.78 Å². The molecule has 1 N–H and O–H groups in total. The van der Waals surface area contributed by atoms with Crippen LogP contribution in [0.2, 0.25) is 0 Å². The first-order valence-electron chi connectivity index (χ1n) is 5.14. The molecule has 0 aromatic heterocycles. The molecule has 2 saturated heterocycles. The molecule has 0 aromatic rings. The van der Waals surface area contributed by atoms with Gasteiger partial charge in [0.15, 0.2) is 5.78 Å². The molecule has 2 rings (SSSR count). The fourth-order valence-corrected chi connectivity index (χ4v) is 2.74. The van der Waals surface area contributed by atoms with Crippen molar-refractivity contribution in [1.29, 1.82) is 0 Å². The summed E-state index contributed by atoms with van der Waals surface area (Å²) in [6.45, 7) is 1.92. The molecule has 4 nitrogen and oxygen atoms in total. The smallest absolute Gasteiger partial charge is 0.162 e. The number of fused-ring (bicyclic) bond motifs is 2. The summed E-state index contributed by atoms with van der Waals surface area (Å²) in [6, 6.07) is 0. The van der Waals surface area contributed by atoms with Crippen LogP contribution in [0.4, 0.5) is 0 Å². The fraction of sp³-hybridized carbons (Fsp3) is 0.900. The van der Waals surface area contributed by atoms with Crippen molar-refractivity contribution in [2.45, 2.75) is 18.4 Å². The quantitative estimate of drug-likeness (QED) is 0.675. The Balaban J connectivity index is 2.26. The van der Waals surface area contributed by atoms with Crippen molar-refractivity contribution in [3.63, 3.8) is 0 Å². The SMILES string of the molecule is COC[C@]1(CO)C(=O)[C@@H]2CCCN1C2. The van der Waals surface area contributed by atoms with Crippen LogP contribution in [0.3, 0.4) is 0 Å². The molecule has 2 fully saturated rings. The van der Waals surface area contributed by atoms with Crippen LogP contribution in [0, 0.1) is 5.92 Å². The van der Waals surface area contributed by atoms with Gasteiger partial charge in [-0.2, -0.15) is 0 Å². The van der Waals surface area contributed by atoms with Crippen LogP contribution in [0.1, 0.15) is 12.8 Å². The molecule has 2 heterocycles. The lowest BCUT2D eigenvalue weighted by atomic mass is 9.91. The Labute approximate surface area is 83.8 Å². The van der Waals surface area contributed by atoms with E-state index >= 15 is 0 Å². The summed E-state index contributed by atoms with van der Waals surface area (Å²) in [7, 11) is 1.58. The monoisotopic (exact) mass is 199 g/mol. The third-order valence-corrected chi connectivity index (χ3v) is 3.50. The summed E-state index contributed by atoms with van der Waals surface area (Å²) in [4.78, 5) is 14.1. The molecule has 1 unspecified atom stereocenters. The molecule has 0 radical (unpaired) electrons. The average molecular weight is 199 g/mol. The molecule has 2 aliphatic heterocycles. The lowest BCUT2D eigenvalue weighted by molar-refractivity contribution is -0.132. The minimum absolute atomic E-state index is 0.115. The molecular formula is C10H17NO3. The summed E-state index contributed by atoms with van der Waals surface area (Å²) in [5.74, 6) is 0.311. The molecule has 0 saturated carbocycles. The largest absolute Gasteiger partial charge is 0.394 e. The Kier molecular flexibility index (Phi) is 2.60. The van der Waals surface area contributed by atoms with Crippen LogP contribution in [0.5, 0.6) is 0 Å². The molecule has 2 aliphatic rings. The van der Waals surface area contributed by atoms with E-state index in [4.69, 9.17) is 4.74 Å². The number of piperidine rings is 1. The van der Waals surface area contributed by atoms with Gasteiger partial charge >= 0.3 is 0 Å². The van der Waals surface area contributed by atoms with Crippen molar-refractivity contribution in [1.82, 2.24) is 4.90 Å². The first kappa shape index (κ1) is 10.1. The van der Waals surface area contributed by atoms with Gasteiger partial charge in [-0.15, -0.1) is 0 Å². The number of carbonyl (C=O) groups excluding carboxylic acids is 1. The van der Waals surface area contributed by atoms with Crippen LogP contribution < -0.4 is 0 Å². The minimum atomic E-state index is -0.726. The number of hydrogen-bond donors (Lipinski definition) is 1. The molecule has 0 aromatic carbocycles. The van der Waals surface area contributed by atoms with Crippen LogP contribution in [0.15, 0.2) is 0 Å². The normalized spacial score (nSPS) is 41.7. The molecule has 3 atom stereocenters. The second-order valence-corrected chi connectivity index (χ2v) is 4.27. The van der Waals surface area contributed by atoms with Crippen molar-refractivity contribution in [2.24, 2.45) is 5.92 Å². The second kappa shape index (κ2) is 3.61. The molecule has 0 amide bonds. The van der Waals surface area contributed by atoms with E-state index in [9.17, 15) is 9.90 Å². The number of aliphatic hydroxyl groups excluding tert-OH is 1. The Bertz CT molecular complexity index is 244. The van der Waals surface area contributed by atoms with E-state index in [0.717, 1.165) is 25.9 Å². The van der Waals surface area contributed by atoms with Crippen LogP contribution >= 0.6 is 0 Å².